The van der Waals surface area contributed by atoms with Crippen molar-refractivity contribution in [1.29, 1.82) is 0 Å². The second kappa shape index (κ2) is 5.71. The molecule has 3 heteroatoms. The molecule has 0 spiro atoms. The molecule has 0 aromatic heterocycles. The largest absolute Gasteiger partial charge is 0.330 e. The average molecular weight is 238 g/mol. The highest BCUT2D eigenvalue weighted by molar-refractivity contribution is 7.98. The fourth-order valence-corrected chi connectivity index (χ4v) is 2.20. The summed E-state index contributed by atoms with van der Waals surface area (Å²) < 4.78 is 0. The van der Waals surface area contributed by atoms with Crippen LogP contribution in [0.1, 0.15) is 31.9 Å². The van der Waals surface area contributed by atoms with Gasteiger partial charge in [0.15, 0.2) is 0 Å². The molecule has 0 bridgehead atoms. The molecular weight excluding hydrogens is 216 g/mol. The van der Waals surface area contributed by atoms with Crippen LogP contribution in [-0.2, 0) is 0 Å². The van der Waals surface area contributed by atoms with Crippen molar-refractivity contribution in [3.05, 3.63) is 29.8 Å². The maximum Gasteiger partial charge on any atom is 0.0347 e. The molecule has 0 heterocycles. The number of hydrogen-bond donors (Lipinski definition) is 2. The van der Waals surface area contributed by atoms with Crippen LogP contribution in [0.5, 0.6) is 0 Å². The average Bonchev–Trinajstić information content (AvgIpc) is 2.28. The first-order chi connectivity index (χ1) is 7.51. The first-order valence-electron chi connectivity index (χ1n) is 5.61. The van der Waals surface area contributed by atoms with Gasteiger partial charge in [0.2, 0.25) is 0 Å². The monoisotopic (exact) mass is 238 g/mol. The number of hydrogen-bond acceptors (Lipinski definition) is 3. The minimum Gasteiger partial charge on any atom is -0.330 e. The topological polar surface area (TPSA) is 52.0 Å². The highest BCUT2D eigenvalue weighted by Crippen LogP contribution is 2.34. The Labute approximate surface area is 103 Å². The zero-order valence-corrected chi connectivity index (χ0v) is 11.2. The van der Waals surface area contributed by atoms with Crippen LogP contribution in [0.15, 0.2) is 29.2 Å². The maximum absolute atomic E-state index is 6.29. The van der Waals surface area contributed by atoms with Crippen molar-refractivity contribution in [2.75, 3.05) is 12.8 Å². The van der Waals surface area contributed by atoms with Crippen LogP contribution in [0.2, 0.25) is 0 Å². The van der Waals surface area contributed by atoms with Gasteiger partial charge in [-0.05, 0) is 42.3 Å². The molecule has 16 heavy (non-hydrogen) atoms. The van der Waals surface area contributed by atoms with Crippen LogP contribution in [0.25, 0.3) is 0 Å². The molecular formula is C13H22N2S. The fraction of sp³-hybridized carbons (Fsp3) is 0.538. The van der Waals surface area contributed by atoms with Gasteiger partial charge in [-0.3, -0.25) is 0 Å². The Morgan fingerprint density at radius 3 is 2.25 bits per heavy atom. The summed E-state index contributed by atoms with van der Waals surface area (Å²) in [5.74, 6) is 0. The molecule has 0 aliphatic rings. The minimum absolute atomic E-state index is 0.0481. The number of rotatable bonds is 5. The lowest BCUT2D eigenvalue weighted by Crippen LogP contribution is -2.31. The van der Waals surface area contributed by atoms with Crippen molar-refractivity contribution in [1.82, 2.24) is 0 Å². The second-order valence-corrected chi connectivity index (χ2v) is 5.66. The molecule has 1 unspecified atom stereocenters. The van der Waals surface area contributed by atoms with Gasteiger partial charge in [0, 0.05) is 10.9 Å². The summed E-state index contributed by atoms with van der Waals surface area (Å²) in [7, 11) is 0. The van der Waals surface area contributed by atoms with E-state index in [4.69, 9.17) is 11.5 Å². The van der Waals surface area contributed by atoms with Crippen LogP contribution < -0.4 is 11.5 Å². The Morgan fingerprint density at radius 2 is 1.81 bits per heavy atom. The third-order valence-corrected chi connectivity index (χ3v) is 3.85. The Morgan fingerprint density at radius 1 is 1.25 bits per heavy atom. The van der Waals surface area contributed by atoms with Crippen LogP contribution in [-0.4, -0.2) is 12.8 Å². The normalized spacial score (nSPS) is 13.8. The first-order valence-corrected chi connectivity index (χ1v) is 6.83. The summed E-state index contributed by atoms with van der Waals surface area (Å²) in [4.78, 5) is 1.27. The van der Waals surface area contributed by atoms with Crippen molar-refractivity contribution in [3.63, 3.8) is 0 Å². The van der Waals surface area contributed by atoms with Crippen molar-refractivity contribution >= 4 is 11.8 Å². The van der Waals surface area contributed by atoms with Gasteiger partial charge >= 0.3 is 0 Å². The van der Waals surface area contributed by atoms with Crippen LogP contribution in [0, 0.1) is 5.41 Å². The van der Waals surface area contributed by atoms with E-state index in [1.807, 2.05) is 0 Å². The number of nitrogens with two attached hydrogens (primary N) is 2. The number of benzene rings is 1. The van der Waals surface area contributed by atoms with E-state index < -0.39 is 0 Å². The van der Waals surface area contributed by atoms with E-state index in [-0.39, 0.29) is 11.5 Å². The molecule has 4 N–H and O–H groups in total. The van der Waals surface area contributed by atoms with Crippen LogP contribution in [0.4, 0.5) is 0 Å². The lowest BCUT2D eigenvalue weighted by molar-refractivity contribution is 0.271. The summed E-state index contributed by atoms with van der Waals surface area (Å²) in [5.41, 5.74) is 13.1. The predicted molar refractivity (Wildman–Crippen MR) is 72.6 cm³/mol. The van der Waals surface area contributed by atoms with Gasteiger partial charge in [0.1, 0.15) is 0 Å². The molecule has 0 fully saturated rings. The van der Waals surface area contributed by atoms with Gasteiger partial charge in [-0.25, -0.2) is 0 Å². The Hall–Kier alpha value is -0.510. The summed E-state index contributed by atoms with van der Waals surface area (Å²) in [6, 6.07) is 8.53. The SMILES string of the molecule is CSc1ccc(C(N)C(C)(C)CCN)cc1. The van der Waals surface area contributed by atoms with Gasteiger partial charge in [0.05, 0.1) is 0 Å². The minimum atomic E-state index is 0.0481. The zero-order valence-electron chi connectivity index (χ0n) is 10.4. The Kier molecular flexibility index (Phi) is 4.84. The molecule has 1 aromatic carbocycles. The van der Waals surface area contributed by atoms with E-state index in [9.17, 15) is 0 Å². The molecule has 0 saturated heterocycles. The lowest BCUT2D eigenvalue weighted by Gasteiger charge is -2.31. The van der Waals surface area contributed by atoms with E-state index in [1.165, 1.54) is 10.5 Å². The molecule has 0 saturated carbocycles. The maximum atomic E-state index is 6.29. The molecule has 0 aliphatic heterocycles. The van der Waals surface area contributed by atoms with Gasteiger partial charge in [-0.15, -0.1) is 11.8 Å². The van der Waals surface area contributed by atoms with Gasteiger partial charge < -0.3 is 11.5 Å². The van der Waals surface area contributed by atoms with Crippen molar-refractivity contribution in [2.45, 2.75) is 31.2 Å². The van der Waals surface area contributed by atoms with Gasteiger partial charge in [-0.1, -0.05) is 26.0 Å². The second-order valence-electron chi connectivity index (χ2n) is 4.78. The summed E-state index contributed by atoms with van der Waals surface area (Å²) >= 11 is 1.75. The van der Waals surface area contributed by atoms with E-state index in [0.717, 1.165) is 6.42 Å². The van der Waals surface area contributed by atoms with Crippen molar-refractivity contribution < 1.29 is 0 Å². The molecule has 90 valence electrons. The molecule has 2 nitrogen and oxygen atoms in total. The third kappa shape index (κ3) is 3.24. The third-order valence-electron chi connectivity index (χ3n) is 3.11. The molecule has 0 aliphatic carbocycles. The Balaban J connectivity index is 2.83. The van der Waals surface area contributed by atoms with Crippen LogP contribution >= 0.6 is 11.8 Å². The zero-order chi connectivity index (χ0) is 12.2. The molecule has 0 amide bonds. The predicted octanol–water partition coefficient (Wildman–Crippen LogP) is 2.78. The number of thioether (sulfide) groups is 1. The standard InChI is InChI=1S/C13H22N2S/c1-13(2,8-9-14)12(15)10-4-6-11(16-3)7-5-10/h4-7,12H,8-9,14-15H2,1-3H3. The summed E-state index contributed by atoms with van der Waals surface area (Å²) in [6.07, 6.45) is 3.02. The van der Waals surface area contributed by atoms with Gasteiger partial charge in [-0.2, -0.15) is 0 Å². The summed E-state index contributed by atoms with van der Waals surface area (Å²) in [6.45, 7) is 5.03. The lowest BCUT2D eigenvalue weighted by atomic mass is 9.78. The van der Waals surface area contributed by atoms with E-state index >= 15 is 0 Å². The fourth-order valence-electron chi connectivity index (χ4n) is 1.79. The smallest absolute Gasteiger partial charge is 0.0347 e. The quantitative estimate of drug-likeness (QED) is 0.776. The molecule has 0 radical (unpaired) electrons. The van der Waals surface area contributed by atoms with E-state index in [1.54, 1.807) is 11.8 Å². The molecule has 1 rings (SSSR count). The first kappa shape index (κ1) is 13.6. The van der Waals surface area contributed by atoms with Crippen LogP contribution in [0.3, 0.4) is 0 Å². The van der Waals surface area contributed by atoms with Crippen molar-refractivity contribution in [3.8, 4) is 0 Å². The summed E-state index contributed by atoms with van der Waals surface area (Å²) in [5, 5.41) is 0. The Bertz CT molecular complexity index is 319. The van der Waals surface area contributed by atoms with E-state index in [0.29, 0.717) is 6.54 Å². The van der Waals surface area contributed by atoms with Gasteiger partial charge in [0.25, 0.3) is 0 Å². The molecule has 1 aromatic rings. The molecule has 1 atom stereocenters. The highest BCUT2D eigenvalue weighted by Gasteiger charge is 2.26. The van der Waals surface area contributed by atoms with Crippen molar-refractivity contribution in [2.24, 2.45) is 16.9 Å². The highest BCUT2D eigenvalue weighted by atomic mass is 32.2. The van der Waals surface area contributed by atoms with E-state index in [2.05, 4.69) is 44.4 Å².